The minimum atomic E-state index is -0.0383. The number of thioether (sulfide) groups is 1. The number of nitrogen functional groups attached to an aromatic ring is 1. The molecule has 0 saturated heterocycles. The third kappa shape index (κ3) is 4.91. The summed E-state index contributed by atoms with van der Waals surface area (Å²) in [6.45, 7) is 0.567. The normalized spacial score (nSPS) is 10.3. The lowest BCUT2D eigenvalue weighted by Crippen LogP contribution is -2.27. The summed E-state index contributed by atoms with van der Waals surface area (Å²) in [5.74, 6) is 1.11. The molecule has 6 nitrogen and oxygen atoms in total. The van der Waals surface area contributed by atoms with Gasteiger partial charge in [0.05, 0.1) is 12.9 Å². The van der Waals surface area contributed by atoms with Crippen molar-refractivity contribution >= 4 is 34.1 Å². The molecule has 2 rings (SSSR count). The van der Waals surface area contributed by atoms with E-state index in [2.05, 4.69) is 15.5 Å². The summed E-state index contributed by atoms with van der Waals surface area (Å²) < 4.78 is 5.97. The zero-order chi connectivity index (χ0) is 15.1. The fourth-order valence-corrected chi connectivity index (χ4v) is 3.17. The summed E-state index contributed by atoms with van der Waals surface area (Å²) in [6, 6.07) is 7.78. The Morgan fingerprint density at radius 2 is 2.24 bits per heavy atom. The molecule has 0 atom stereocenters. The number of benzene rings is 1. The van der Waals surface area contributed by atoms with Crippen molar-refractivity contribution in [3.8, 4) is 5.75 Å². The summed E-state index contributed by atoms with van der Waals surface area (Å²) in [4.78, 5) is 11.7. The van der Waals surface area contributed by atoms with Crippen LogP contribution in [0.4, 0.5) is 5.13 Å². The number of aromatic nitrogens is 2. The lowest BCUT2D eigenvalue weighted by atomic mass is 10.1. The number of nitrogens with two attached hydrogens (primary N) is 1. The number of anilines is 1. The van der Waals surface area contributed by atoms with Crippen LogP contribution in [0.1, 0.15) is 5.56 Å². The molecular formula is C13H16N4O2S2. The molecule has 1 heterocycles. The van der Waals surface area contributed by atoms with Gasteiger partial charge in [0.25, 0.3) is 0 Å². The molecule has 0 unspecified atom stereocenters. The first-order valence-electron chi connectivity index (χ1n) is 6.29. The third-order valence-corrected chi connectivity index (χ3v) is 4.54. The minimum Gasteiger partial charge on any atom is -0.496 e. The number of hydrogen-bond acceptors (Lipinski definition) is 7. The van der Waals surface area contributed by atoms with Gasteiger partial charge in [0, 0.05) is 6.54 Å². The first-order valence-corrected chi connectivity index (χ1v) is 8.09. The quantitative estimate of drug-likeness (QED) is 0.752. The van der Waals surface area contributed by atoms with Gasteiger partial charge in [-0.2, -0.15) is 0 Å². The van der Waals surface area contributed by atoms with E-state index in [1.165, 1.54) is 23.1 Å². The number of para-hydroxylation sites is 1. The minimum absolute atomic E-state index is 0.0383. The third-order valence-electron chi connectivity index (χ3n) is 2.66. The van der Waals surface area contributed by atoms with E-state index in [4.69, 9.17) is 10.5 Å². The fourth-order valence-electron chi connectivity index (χ4n) is 1.70. The van der Waals surface area contributed by atoms with Crippen LogP contribution in [0.5, 0.6) is 5.75 Å². The van der Waals surface area contributed by atoms with Crippen LogP contribution in [-0.4, -0.2) is 35.5 Å². The maximum absolute atomic E-state index is 11.7. The van der Waals surface area contributed by atoms with Gasteiger partial charge in [-0.15, -0.1) is 10.2 Å². The van der Waals surface area contributed by atoms with Gasteiger partial charge in [-0.3, -0.25) is 4.79 Å². The smallest absolute Gasteiger partial charge is 0.230 e. The molecule has 0 saturated carbocycles. The summed E-state index contributed by atoms with van der Waals surface area (Å²) >= 11 is 2.61. The Hall–Kier alpha value is -1.80. The summed E-state index contributed by atoms with van der Waals surface area (Å²) in [5, 5.41) is 10.8. The molecule has 0 radical (unpaired) electrons. The Kier molecular flexibility index (Phi) is 5.82. The van der Waals surface area contributed by atoms with E-state index in [9.17, 15) is 4.79 Å². The molecule has 0 aliphatic heterocycles. The van der Waals surface area contributed by atoms with Gasteiger partial charge in [0.2, 0.25) is 11.0 Å². The number of ether oxygens (including phenoxy) is 1. The van der Waals surface area contributed by atoms with E-state index in [0.717, 1.165) is 17.7 Å². The highest BCUT2D eigenvalue weighted by Crippen LogP contribution is 2.23. The van der Waals surface area contributed by atoms with E-state index >= 15 is 0 Å². The second kappa shape index (κ2) is 7.84. The predicted molar refractivity (Wildman–Crippen MR) is 84.8 cm³/mol. The van der Waals surface area contributed by atoms with Crippen LogP contribution in [-0.2, 0) is 11.2 Å². The number of nitrogens with zero attached hydrogens (tertiary/aromatic N) is 2. The number of hydrogen-bond donors (Lipinski definition) is 2. The Labute approximate surface area is 131 Å². The maximum Gasteiger partial charge on any atom is 0.230 e. The van der Waals surface area contributed by atoms with Crippen molar-refractivity contribution in [3.63, 3.8) is 0 Å². The number of amides is 1. The summed E-state index contributed by atoms with van der Waals surface area (Å²) in [6.07, 6.45) is 0.728. The fraction of sp³-hybridized carbons (Fsp3) is 0.308. The van der Waals surface area contributed by atoms with E-state index in [1.807, 2.05) is 24.3 Å². The summed E-state index contributed by atoms with van der Waals surface area (Å²) in [5.41, 5.74) is 6.55. The van der Waals surface area contributed by atoms with Gasteiger partial charge < -0.3 is 15.8 Å². The Balaban J connectivity index is 1.71. The largest absolute Gasteiger partial charge is 0.496 e. The molecule has 0 bridgehead atoms. The molecule has 21 heavy (non-hydrogen) atoms. The lowest BCUT2D eigenvalue weighted by Gasteiger charge is -2.08. The van der Waals surface area contributed by atoms with Crippen molar-refractivity contribution in [2.24, 2.45) is 0 Å². The highest BCUT2D eigenvalue weighted by atomic mass is 32.2. The monoisotopic (exact) mass is 324 g/mol. The van der Waals surface area contributed by atoms with Crippen LogP contribution in [0, 0.1) is 0 Å². The van der Waals surface area contributed by atoms with Crippen molar-refractivity contribution in [2.45, 2.75) is 10.8 Å². The van der Waals surface area contributed by atoms with Crippen molar-refractivity contribution in [3.05, 3.63) is 29.8 Å². The van der Waals surface area contributed by atoms with Gasteiger partial charge in [0.1, 0.15) is 5.75 Å². The zero-order valence-corrected chi connectivity index (χ0v) is 13.2. The Morgan fingerprint density at radius 1 is 1.43 bits per heavy atom. The highest BCUT2D eigenvalue weighted by molar-refractivity contribution is 8.01. The van der Waals surface area contributed by atoms with Gasteiger partial charge in [-0.25, -0.2) is 0 Å². The molecular weight excluding hydrogens is 308 g/mol. The number of rotatable bonds is 7. The average Bonchev–Trinajstić information content (AvgIpc) is 2.91. The zero-order valence-electron chi connectivity index (χ0n) is 11.5. The van der Waals surface area contributed by atoms with Crippen LogP contribution < -0.4 is 15.8 Å². The molecule has 8 heteroatoms. The first-order chi connectivity index (χ1) is 10.2. The Bertz CT molecular complexity index is 603. The molecule has 1 aromatic heterocycles. The Morgan fingerprint density at radius 3 is 2.95 bits per heavy atom. The van der Waals surface area contributed by atoms with Crippen LogP contribution >= 0.6 is 23.1 Å². The highest BCUT2D eigenvalue weighted by Gasteiger charge is 2.07. The second-order valence-corrected chi connectivity index (χ2v) is 6.34. The topological polar surface area (TPSA) is 90.1 Å². The van der Waals surface area contributed by atoms with Gasteiger partial charge >= 0.3 is 0 Å². The SMILES string of the molecule is COc1ccccc1CCNC(=O)CSc1nnc(N)s1. The van der Waals surface area contributed by atoms with Crippen molar-refractivity contribution in [2.75, 3.05) is 25.1 Å². The van der Waals surface area contributed by atoms with Crippen LogP contribution in [0.25, 0.3) is 0 Å². The van der Waals surface area contributed by atoms with Crippen LogP contribution in [0.15, 0.2) is 28.6 Å². The van der Waals surface area contributed by atoms with Crippen LogP contribution in [0.3, 0.4) is 0 Å². The van der Waals surface area contributed by atoms with E-state index in [1.54, 1.807) is 7.11 Å². The standard InChI is InChI=1S/C13H16N4O2S2/c1-19-10-5-3-2-4-9(10)6-7-15-11(18)8-20-13-17-16-12(14)21-13/h2-5H,6-8H2,1H3,(H2,14,16)(H,15,18). The molecule has 2 aromatic rings. The molecule has 1 aromatic carbocycles. The van der Waals surface area contributed by atoms with Crippen molar-refractivity contribution in [1.82, 2.24) is 15.5 Å². The van der Waals surface area contributed by atoms with E-state index in [0.29, 0.717) is 21.8 Å². The molecule has 0 spiro atoms. The lowest BCUT2D eigenvalue weighted by molar-refractivity contribution is -0.118. The van der Waals surface area contributed by atoms with Gasteiger partial charge in [-0.1, -0.05) is 41.3 Å². The summed E-state index contributed by atoms with van der Waals surface area (Å²) in [7, 11) is 1.64. The predicted octanol–water partition coefficient (Wildman–Crippen LogP) is 1.58. The van der Waals surface area contributed by atoms with Crippen molar-refractivity contribution in [1.29, 1.82) is 0 Å². The molecule has 3 N–H and O–H groups in total. The van der Waals surface area contributed by atoms with Crippen LogP contribution in [0.2, 0.25) is 0 Å². The molecule has 112 valence electrons. The van der Waals surface area contributed by atoms with Gasteiger partial charge in [0.15, 0.2) is 4.34 Å². The molecule has 1 amide bonds. The molecule has 0 fully saturated rings. The van der Waals surface area contributed by atoms with Gasteiger partial charge in [-0.05, 0) is 18.1 Å². The number of nitrogens with one attached hydrogen (secondary N) is 1. The van der Waals surface area contributed by atoms with E-state index in [-0.39, 0.29) is 5.91 Å². The first kappa shape index (κ1) is 15.6. The molecule has 0 aliphatic carbocycles. The second-order valence-electron chi connectivity index (χ2n) is 4.11. The average molecular weight is 324 g/mol. The number of methoxy groups -OCH3 is 1. The number of carbonyl (C=O) groups excluding carboxylic acids is 1. The molecule has 0 aliphatic rings. The number of carbonyl (C=O) groups is 1. The maximum atomic E-state index is 11.7. The van der Waals surface area contributed by atoms with Crippen molar-refractivity contribution < 1.29 is 9.53 Å². The van der Waals surface area contributed by atoms with E-state index < -0.39 is 0 Å².